The lowest BCUT2D eigenvalue weighted by atomic mass is 9.98. The van der Waals surface area contributed by atoms with Gasteiger partial charge in [-0.3, -0.25) is 14.6 Å². The Labute approximate surface area is 203 Å². The molecule has 6 heteroatoms. The third-order valence-electron chi connectivity index (χ3n) is 6.36. The number of amides is 1. The Balaban J connectivity index is 1.87. The zero-order valence-electron chi connectivity index (χ0n) is 20.7. The van der Waals surface area contributed by atoms with E-state index in [4.69, 9.17) is 0 Å². The number of pyridine rings is 1. The van der Waals surface area contributed by atoms with Crippen LogP contribution in [0.4, 0.5) is 0 Å². The molecular weight excluding hydrogens is 426 g/mol. The molecule has 1 N–H and O–H groups in total. The van der Waals surface area contributed by atoms with Gasteiger partial charge in [0.2, 0.25) is 0 Å². The van der Waals surface area contributed by atoms with E-state index in [-0.39, 0.29) is 11.3 Å². The smallest absolute Gasteiger partial charge is 0.295 e. The van der Waals surface area contributed by atoms with Crippen LogP contribution in [0.1, 0.15) is 68.8 Å². The first-order chi connectivity index (χ1) is 16.5. The van der Waals surface area contributed by atoms with Crippen molar-refractivity contribution >= 4 is 17.4 Å². The number of hydrogen-bond acceptors (Lipinski definition) is 5. The maximum Gasteiger partial charge on any atom is 0.295 e. The molecular formula is C28H37N3O3. The number of rotatable bonds is 12. The summed E-state index contributed by atoms with van der Waals surface area (Å²) >= 11 is 0. The van der Waals surface area contributed by atoms with Gasteiger partial charge in [-0.1, -0.05) is 62.6 Å². The lowest BCUT2D eigenvalue weighted by Gasteiger charge is -2.27. The van der Waals surface area contributed by atoms with Crippen LogP contribution < -0.4 is 0 Å². The Morgan fingerprint density at radius 2 is 1.62 bits per heavy atom. The number of benzene rings is 1. The van der Waals surface area contributed by atoms with E-state index in [1.807, 2.05) is 25.1 Å². The van der Waals surface area contributed by atoms with Gasteiger partial charge in [-0.05, 0) is 58.0 Å². The molecule has 2 aromatic rings. The Morgan fingerprint density at radius 1 is 0.971 bits per heavy atom. The fraction of sp³-hybridized carbons (Fsp3) is 0.464. The van der Waals surface area contributed by atoms with E-state index in [1.165, 1.54) is 0 Å². The molecule has 0 saturated carbocycles. The molecule has 0 bridgehead atoms. The molecule has 1 saturated heterocycles. The maximum absolute atomic E-state index is 13.1. The van der Waals surface area contributed by atoms with Crippen LogP contribution >= 0.6 is 0 Å². The van der Waals surface area contributed by atoms with Crippen LogP contribution in [0.2, 0.25) is 0 Å². The van der Waals surface area contributed by atoms with Crippen molar-refractivity contribution in [2.45, 2.75) is 58.9 Å². The van der Waals surface area contributed by atoms with Crippen LogP contribution in [0.5, 0.6) is 0 Å². The summed E-state index contributed by atoms with van der Waals surface area (Å²) in [4.78, 5) is 34.7. The minimum atomic E-state index is -0.692. The maximum atomic E-state index is 13.1. The number of aliphatic hydroxyl groups is 1. The molecule has 1 aromatic carbocycles. The molecule has 1 aliphatic rings. The van der Waals surface area contributed by atoms with E-state index in [0.717, 1.165) is 57.3 Å². The Bertz CT molecular complexity index is 978. The lowest BCUT2D eigenvalue weighted by molar-refractivity contribution is -0.140. The molecule has 1 amide bonds. The first kappa shape index (κ1) is 25.6. The summed E-state index contributed by atoms with van der Waals surface area (Å²) in [6, 6.07) is 12.0. The highest BCUT2D eigenvalue weighted by molar-refractivity contribution is 6.46. The predicted octanol–water partition coefficient (Wildman–Crippen LogP) is 5.10. The fourth-order valence-corrected chi connectivity index (χ4v) is 4.39. The fourth-order valence-electron chi connectivity index (χ4n) is 4.39. The quantitative estimate of drug-likeness (QED) is 0.269. The average molecular weight is 464 g/mol. The number of nitrogens with zero attached hydrogens (tertiary/aromatic N) is 3. The topological polar surface area (TPSA) is 73.7 Å². The van der Waals surface area contributed by atoms with E-state index in [9.17, 15) is 14.7 Å². The zero-order valence-corrected chi connectivity index (χ0v) is 20.7. The molecule has 0 unspecified atom stereocenters. The van der Waals surface area contributed by atoms with Crippen LogP contribution in [0.25, 0.3) is 5.76 Å². The molecule has 182 valence electrons. The minimum Gasteiger partial charge on any atom is -0.507 e. The van der Waals surface area contributed by atoms with Crippen LogP contribution in [0, 0.1) is 6.92 Å². The third-order valence-corrected chi connectivity index (χ3v) is 6.36. The van der Waals surface area contributed by atoms with Gasteiger partial charge in [-0.15, -0.1) is 0 Å². The summed E-state index contributed by atoms with van der Waals surface area (Å²) in [5, 5.41) is 11.1. The van der Waals surface area contributed by atoms with Crippen LogP contribution in [0.3, 0.4) is 0 Å². The summed E-state index contributed by atoms with van der Waals surface area (Å²) in [5.41, 5.74) is 2.27. The number of hydrogen-bond donors (Lipinski definition) is 1. The Hall–Kier alpha value is -2.99. The van der Waals surface area contributed by atoms with Gasteiger partial charge in [0.1, 0.15) is 11.8 Å². The molecule has 6 nitrogen and oxygen atoms in total. The highest BCUT2D eigenvalue weighted by Gasteiger charge is 2.46. The number of Topliss-reactive ketones (excluding diaryl/α,β-unsaturated/α-hetero) is 1. The van der Waals surface area contributed by atoms with Crippen LogP contribution in [0.15, 0.2) is 54.2 Å². The summed E-state index contributed by atoms with van der Waals surface area (Å²) in [7, 11) is 0. The summed E-state index contributed by atoms with van der Waals surface area (Å²) in [6.45, 7) is 9.75. The number of aliphatic hydroxyl groups excluding tert-OH is 1. The molecule has 2 heterocycles. The highest BCUT2D eigenvalue weighted by Crippen LogP contribution is 2.38. The minimum absolute atomic E-state index is 0.112. The number of carbonyl (C=O) groups is 2. The van der Waals surface area contributed by atoms with E-state index < -0.39 is 17.7 Å². The van der Waals surface area contributed by atoms with E-state index >= 15 is 0 Å². The predicted molar refractivity (Wildman–Crippen MR) is 135 cm³/mol. The lowest BCUT2D eigenvalue weighted by Crippen LogP contribution is -2.34. The first-order valence-corrected chi connectivity index (χ1v) is 12.5. The first-order valence-electron chi connectivity index (χ1n) is 12.5. The van der Waals surface area contributed by atoms with Crippen molar-refractivity contribution in [3.8, 4) is 0 Å². The molecule has 0 spiro atoms. The number of likely N-dealkylation sites (tertiary alicyclic amines) is 1. The zero-order chi connectivity index (χ0) is 24.5. The van der Waals surface area contributed by atoms with Crippen molar-refractivity contribution in [2.24, 2.45) is 0 Å². The highest BCUT2D eigenvalue weighted by atomic mass is 16.3. The molecule has 34 heavy (non-hydrogen) atoms. The normalized spacial score (nSPS) is 17.6. The van der Waals surface area contributed by atoms with Crippen molar-refractivity contribution < 1.29 is 14.7 Å². The van der Waals surface area contributed by atoms with Gasteiger partial charge in [-0.25, -0.2) is 0 Å². The summed E-state index contributed by atoms with van der Waals surface area (Å²) in [6.07, 6.45) is 7.01. The molecule has 1 aromatic heterocycles. The van der Waals surface area contributed by atoms with Crippen molar-refractivity contribution in [1.82, 2.24) is 14.8 Å². The molecule has 0 radical (unpaired) electrons. The molecule has 0 aliphatic carbocycles. The van der Waals surface area contributed by atoms with Gasteiger partial charge in [-0.2, -0.15) is 0 Å². The average Bonchev–Trinajstić information content (AvgIpc) is 3.11. The van der Waals surface area contributed by atoms with Crippen molar-refractivity contribution in [3.63, 3.8) is 0 Å². The van der Waals surface area contributed by atoms with E-state index in [0.29, 0.717) is 17.8 Å². The summed E-state index contributed by atoms with van der Waals surface area (Å²) in [5.74, 6) is -1.37. The van der Waals surface area contributed by atoms with E-state index in [1.54, 1.807) is 35.4 Å². The number of ketones is 1. The van der Waals surface area contributed by atoms with Crippen molar-refractivity contribution in [3.05, 3.63) is 71.1 Å². The van der Waals surface area contributed by atoms with Crippen molar-refractivity contribution in [2.75, 3.05) is 26.2 Å². The Morgan fingerprint density at radius 3 is 2.21 bits per heavy atom. The third kappa shape index (κ3) is 6.11. The number of unbranched alkanes of at least 4 members (excludes halogenated alkanes) is 2. The van der Waals surface area contributed by atoms with Gasteiger partial charge in [0.25, 0.3) is 11.7 Å². The molecule has 1 aliphatic heterocycles. The number of aryl methyl sites for hydroxylation is 1. The second-order valence-corrected chi connectivity index (χ2v) is 9.02. The molecule has 1 fully saturated rings. The second-order valence-electron chi connectivity index (χ2n) is 9.02. The van der Waals surface area contributed by atoms with E-state index in [2.05, 4.69) is 23.7 Å². The van der Waals surface area contributed by atoms with Gasteiger partial charge >= 0.3 is 0 Å². The van der Waals surface area contributed by atoms with Gasteiger partial charge in [0, 0.05) is 18.3 Å². The molecule has 3 rings (SSSR count). The Kier molecular flexibility index (Phi) is 9.40. The second kappa shape index (κ2) is 12.5. The largest absolute Gasteiger partial charge is 0.507 e. The standard InChI is InChI=1S/C28H37N3O3/c1-4-6-17-30(18-7-5-2)19-10-20-31-25(23-11-8-9-16-29-23)24(27(33)28(31)34)26(32)22-14-12-21(3)13-15-22/h8-9,11-16,25,32H,4-7,10,17-20H2,1-3H3/t25-/m0/s1. The monoisotopic (exact) mass is 463 g/mol. The van der Waals surface area contributed by atoms with Crippen LogP contribution in [-0.2, 0) is 9.59 Å². The number of aromatic nitrogens is 1. The SMILES string of the molecule is CCCCN(CCCC)CCCN1C(=O)C(=O)C(=C(O)c2ccc(C)cc2)[C@@H]1c1ccccn1. The van der Waals surface area contributed by atoms with Crippen molar-refractivity contribution in [1.29, 1.82) is 0 Å². The van der Waals surface area contributed by atoms with Crippen LogP contribution in [-0.4, -0.2) is 57.8 Å². The number of carbonyl (C=O) groups excluding carboxylic acids is 2. The van der Waals surface area contributed by atoms with Gasteiger partial charge in [0.15, 0.2) is 0 Å². The van der Waals surface area contributed by atoms with Gasteiger partial charge < -0.3 is 14.9 Å². The molecule has 1 atom stereocenters. The van der Waals surface area contributed by atoms with Gasteiger partial charge in [0.05, 0.1) is 11.3 Å². The summed E-state index contributed by atoms with van der Waals surface area (Å²) < 4.78 is 0.